The largest absolute Gasteiger partial charge is 0.372 e. The van der Waals surface area contributed by atoms with E-state index in [4.69, 9.17) is 16.3 Å². The number of nitrogens with one attached hydrogen (secondary N) is 1. The maximum atomic E-state index is 11.0. The molecule has 14 heavy (non-hydrogen) atoms. The van der Waals surface area contributed by atoms with Crippen molar-refractivity contribution in [2.24, 2.45) is 0 Å². The van der Waals surface area contributed by atoms with Gasteiger partial charge in [-0.05, 0) is 19.8 Å². The molecule has 0 aromatic rings. The van der Waals surface area contributed by atoms with Crippen molar-refractivity contribution in [3.63, 3.8) is 0 Å². The van der Waals surface area contributed by atoms with Crippen LogP contribution in [0.3, 0.4) is 0 Å². The predicted octanol–water partition coefficient (Wildman–Crippen LogP) is 1.94. The summed E-state index contributed by atoms with van der Waals surface area (Å²) in [5.41, 5.74) is 0. The minimum Gasteiger partial charge on any atom is -0.372 e. The minimum atomic E-state index is -0.0239. The van der Waals surface area contributed by atoms with E-state index in [1.165, 1.54) is 0 Å². The molecule has 0 aliphatic heterocycles. The van der Waals surface area contributed by atoms with Crippen molar-refractivity contribution in [1.82, 2.24) is 5.32 Å². The molecule has 1 amide bonds. The van der Waals surface area contributed by atoms with Gasteiger partial charge in [-0.3, -0.25) is 4.79 Å². The fourth-order valence-electron chi connectivity index (χ4n) is 1.05. The Labute approximate surface area is 91.2 Å². The lowest BCUT2D eigenvalue weighted by Gasteiger charge is -2.04. The molecule has 0 aromatic carbocycles. The number of amides is 1. The van der Waals surface area contributed by atoms with E-state index in [-0.39, 0.29) is 12.5 Å². The highest BCUT2D eigenvalue weighted by Gasteiger charge is 1.98. The number of rotatable bonds is 9. The quantitative estimate of drug-likeness (QED) is 0.477. The van der Waals surface area contributed by atoms with E-state index >= 15 is 0 Å². The molecular formula is C10H20ClNO2. The van der Waals surface area contributed by atoms with E-state index in [1.54, 1.807) is 0 Å². The first-order valence-corrected chi connectivity index (χ1v) is 5.75. The molecule has 0 unspecified atom stereocenters. The van der Waals surface area contributed by atoms with Gasteiger partial charge < -0.3 is 10.1 Å². The first-order chi connectivity index (χ1) is 6.81. The second kappa shape index (κ2) is 10.8. The van der Waals surface area contributed by atoms with Gasteiger partial charge in [-0.2, -0.15) is 0 Å². The van der Waals surface area contributed by atoms with Crippen LogP contribution in [0.4, 0.5) is 0 Å². The number of unbranched alkanes of at least 4 members (excludes halogenated alkanes) is 3. The highest BCUT2D eigenvalue weighted by atomic mass is 35.5. The van der Waals surface area contributed by atoms with E-state index in [2.05, 4.69) is 5.32 Å². The lowest BCUT2D eigenvalue weighted by molar-refractivity contribution is -0.125. The van der Waals surface area contributed by atoms with Crippen LogP contribution in [0.15, 0.2) is 0 Å². The van der Waals surface area contributed by atoms with Gasteiger partial charge in [-0.25, -0.2) is 0 Å². The number of carbonyl (C=O) groups is 1. The van der Waals surface area contributed by atoms with E-state index in [0.29, 0.717) is 6.61 Å². The Bertz CT molecular complexity index is 142. The highest BCUT2D eigenvalue weighted by Crippen LogP contribution is 1.99. The molecule has 0 bridgehead atoms. The summed E-state index contributed by atoms with van der Waals surface area (Å²) in [7, 11) is 0. The lowest BCUT2D eigenvalue weighted by Crippen LogP contribution is -2.28. The number of halogens is 1. The van der Waals surface area contributed by atoms with Gasteiger partial charge in [-0.1, -0.05) is 12.8 Å². The van der Waals surface area contributed by atoms with E-state index < -0.39 is 0 Å². The zero-order valence-corrected chi connectivity index (χ0v) is 9.61. The predicted molar refractivity (Wildman–Crippen MR) is 58.7 cm³/mol. The Hall–Kier alpha value is -0.280. The van der Waals surface area contributed by atoms with Crippen LogP contribution in [0.1, 0.15) is 32.6 Å². The molecule has 3 nitrogen and oxygen atoms in total. The van der Waals surface area contributed by atoms with Crippen LogP contribution in [0.5, 0.6) is 0 Å². The van der Waals surface area contributed by atoms with Crippen LogP contribution in [0.25, 0.3) is 0 Å². The van der Waals surface area contributed by atoms with Crippen molar-refractivity contribution in [1.29, 1.82) is 0 Å². The van der Waals surface area contributed by atoms with E-state index in [9.17, 15) is 4.79 Å². The first-order valence-electron chi connectivity index (χ1n) is 5.21. The maximum Gasteiger partial charge on any atom is 0.245 e. The molecule has 0 atom stereocenters. The molecule has 1 N–H and O–H groups in total. The highest BCUT2D eigenvalue weighted by molar-refractivity contribution is 6.17. The lowest BCUT2D eigenvalue weighted by atomic mass is 10.2. The van der Waals surface area contributed by atoms with E-state index in [0.717, 1.165) is 38.1 Å². The van der Waals surface area contributed by atoms with Gasteiger partial charge in [0.2, 0.25) is 5.91 Å². The number of hydrogen-bond acceptors (Lipinski definition) is 2. The summed E-state index contributed by atoms with van der Waals surface area (Å²) >= 11 is 5.54. The molecule has 4 heteroatoms. The van der Waals surface area contributed by atoms with Crippen LogP contribution in [0, 0.1) is 0 Å². The SMILES string of the molecule is CCOCC(=O)NCCCCCCCl. The molecule has 0 spiro atoms. The number of alkyl halides is 1. The second-order valence-electron chi connectivity index (χ2n) is 3.09. The van der Waals surface area contributed by atoms with Gasteiger partial charge >= 0.3 is 0 Å². The topological polar surface area (TPSA) is 38.3 Å². The summed E-state index contributed by atoms with van der Waals surface area (Å²) in [6.45, 7) is 3.38. The summed E-state index contributed by atoms with van der Waals surface area (Å²) < 4.78 is 4.96. The zero-order chi connectivity index (χ0) is 10.6. The Morgan fingerprint density at radius 1 is 1.29 bits per heavy atom. The van der Waals surface area contributed by atoms with Gasteiger partial charge in [0.1, 0.15) is 6.61 Å². The van der Waals surface area contributed by atoms with Crippen molar-refractivity contribution in [3.05, 3.63) is 0 Å². The molecule has 84 valence electrons. The zero-order valence-electron chi connectivity index (χ0n) is 8.85. The summed E-state index contributed by atoms with van der Waals surface area (Å²) in [5, 5.41) is 2.80. The Morgan fingerprint density at radius 3 is 2.64 bits per heavy atom. The normalized spacial score (nSPS) is 10.1. The first kappa shape index (κ1) is 13.7. The molecule has 0 heterocycles. The van der Waals surface area contributed by atoms with Crippen LogP contribution < -0.4 is 5.32 Å². The smallest absolute Gasteiger partial charge is 0.245 e. The Balaban J connectivity index is 3.07. The standard InChI is InChI=1S/C10H20ClNO2/c1-2-14-9-10(13)12-8-6-4-3-5-7-11/h2-9H2,1H3,(H,12,13). The summed E-state index contributed by atoms with van der Waals surface area (Å²) in [6, 6.07) is 0. The molecule has 0 fully saturated rings. The molecule has 0 aromatic heterocycles. The van der Waals surface area contributed by atoms with Crippen LogP contribution in [0.2, 0.25) is 0 Å². The average molecular weight is 222 g/mol. The number of hydrogen-bond donors (Lipinski definition) is 1. The minimum absolute atomic E-state index is 0.0239. The summed E-state index contributed by atoms with van der Waals surface area (Å²) in [4.78, 5) is 11.0. The average Bonchev–Trinajstić information content (AvgIpc) is 2.20. The third-order valence-electron chi connectivity index (χ3n) is 1.82. The Morgan fingerprint density at radius 2 is 2.00 bits per heavy atom. The third-order valence-corrected chi connectivity index (χ3v) is 2.09. The van der Waals surface area contributed by atoms with Gasteiger partial charge in [0.25, 0.3) is 0 Å². The molecular weight excluding hydrogens is 202 g/mol. The summed E-state index contributed by atoms with van der Waals surface area (Å²) in [6.07, 6.45) is 4.36. The van der Waals surface area contributed by atoms with Gasteiger partial charge in [0.05, 0.1) is 0 Å². The molecule has 0 saturated heterocycles. The maximum absolute atomic E-state index is 11.0. The molecule has 0 radical (unpaired) electrons. The van der Waals surface area contributed by atoms with E-state index in [1.807, 2.05) is 6.92 Å². The second-order valence-corrected chi connectivity index (χ2v) is 3.47. The van der Waals surface area contributed by atoms with Crippen LogP contribution in [-0.2, 0) is 9.53 Å². The fraction of sp³-hybridized carbons (Fsp3) is 0.900. The molecule has 0 aliphatic rings. The van der Waals surface area contributed by atoms with Gasteiger partial charge in [-0.15, -0.1) is 11.6 Å². The van der Waals surface area contributed by atoms with Crippen molar-refractivity contribution >= 4 is 17.5 Å². The third kappa shape index (κ3) is 9.81. The number of carbonyl (C=O) groups excluding carboxylic acids is 1. The Kier molecular flexibility index (Phi) is 10.6. The summed E-state index contributed by atoms with van der Waals surface area (Å²) in [5.74, 6) is 0.709. The monoisotopic (exact) mass is 221 g/mol. The van der Waals surface area contributed by atoms with Gasteiger partial charge in [0, 0.05) is 19.0 Å². The van der Waals surface area contributed by atoms with Crippen LogP contribution in [-0.4, -0.2) is 31.5 Å². The van der Waals surface area contributed by atoms with Crippen molar-refractivity contribution in [3.8, 4) is 0 Å². The molecule has 0 saturated carbocycles. The number of ether oxygens (including phenoxy) is 1. The van der Waals surface area contributed by atoms with Crippen molar-refractivity contribution < 1.29 is 9.53 Å². The van der Waals surface area contributed by atoms with Gasteiger partial charge in [0.15, 0.2) is 0 Å². The van der Waals surface area contributed by atoms with Crippen molar-refractivity contribution in [2.75, 3.05) is 25.6 Å². The van der Waals surface area contributed by atoms with Crippen LogP contribution >= 0.6 is 11.6 Å². The molecule has 0 rings (SSSR count). The van der Waals surface area contributed by atoms with Crippen molar-refractivity contribution in [2.45, 2.75) is 32.6 Å². The fourth-order valence-corrected chi connectivity index (χ4v) is 1.24. The molecule has 0 aliphatic carbocycles.